The van der Waals surface area contributed by atoms with E-state index < -0.39 is 0 Å². The molecule has 0 amide bonds. The Balaban J connectivity index is 1.66. The molecule has 0 saturated carbocycles. The second-order valence-corrected chi connectivity index (χ2v) is 13.4. The van der Waals surface area contributed by atoms with Gasteiger partial charge in [-0.05, 0) is 128 Å². The van der Waals surface area contributed by atoms with Gasteiger partial charge in [0.15, 0.2) is 0 Å². The Bertz CT molecular complexity index is 2230. The van der Waals surface area contributed by atoms with Crippen molar-refractivity contribution in [2.45, 2.75) is 52.4 Å². The minimum Gasteiger partial charge on any atom is -0.0616 e. The van der Waals surface area contributed by atoms with Gasteiger partial charge in [-0.2, -0.15) is 0 Å². The quantitative estimate of drug-likeness (QED) is 0.186. The molecule has 38 heavy (non-hydrogen) atoms. The highest BCUT2D eigenvalue weighted by atomic mass is 14.3. The molecule has 0 heteroatoms. The Morgan fingerprint density at radius 1 is 0.316 bits per heavy atom. The zero-order chi connectivity index (χ0) is 26.1. The molecule has 8 aromatic carbocycles. The lowest BCUT2D eigenvalue weighted by Crippen LogP contribution is -2.10. The van der Waals surface area contributed by atoms with Crippen LogP contribution in [0.5, 0.6) is 0 Å². The smallest absolute Gasteiger partial charge is 0.00197 e. The van der Waals surface area contributed by atoms with Gasteiger partial charge >= 0.3 is 0 Å². The summed E-state index contributed by atoms with van der Waals surface area (Å²) in [4.78, 5) is 0. The summed E-state index contributed by atoms with van der Waals surface area (Å²) in [7, 11) is 0. The third-order valence-corrected chi connectivity index (χ3v) is 9.03. The van der Waals surface area contributed by atoms with E-state index in [2.05, 4.69) is 126 Å². The van der Waals surface area contributed by atoms with E-state index in [0.717, 1.165) is 0 Å². The van der Waals surface area contributed by atoms with Crippen molar-refractivity contribution in [1.82, 2.24) is 0 Å². The van der Waals surface area contributed by atoms with Gasteiger partial charge in [0.1, 0.15) is 0 Å². The number of fused-ring (bicyclic) bond motifs is 9. The van der Waals surface area contributed by atoms with Crippen LogP contribution in [0.3, 0.4) is 0 Å². The lowest BCUT2D eigenvalue weighted by molar-refractivity contribution is 0.591. The lowest BCUT2D eigenvalue weighted by Gasteiger charge is -2.21. The Kier molecular flexibility index (Phi) is 4.04. The van der Waals surface area contributed by atoms with Crippen LogP contribution in [0.2, 0.25) is 0 Å². The predicted molar refractivity (Wildman–Crippen MR) is 169 cm³/mol. The maximum absolute atomic E-state index is 2.51. The monoisotopic (exact) mass is 488 g/mol. The molecule has 8 rings (SSSR count). The molecule has 0 aliphatic heterocycles. The van der Waals surface area contributed by atoms with Crippen LogP contribution < -0.4 is 0 Å². The maximum atomic E-state index is 2.51. The first kappa shape index (κ1) is 22.1. The molecule has 0 bridgehead atoms. The fourth-order valence-corrected chi connectivity index (χ4v) is 6.96. The highest BCUT2D eigenvalue weighted by Gasteiger charge is 2.23. The van der Waals surface area contributed by atoms with E-state index in [4.69, 9.17) is 0 Å². The van der Waals surface area contributed by atoms with E-state index in [-0.39, 0.29) is 10.8 Å². The first-order valence-corrected chi connectivity index (χ1v) is 13.9. The molecule has 0 N–H and O–H groups in total. The van der Waals surface area contributed by atoms with Crippen molar-refractivity contribution in [3.63, 3.8) is 0 Å². The molecule has 0 fully saturated rings. The van der Waals surface area contributed by atoms with Gasteiger partial charge < -0.3 is 0 Å². The average molecular weight is 489 g/mol. The first-order chi connectivity index (χ1) is 18.1. The van der Waals surface area contributed by atoms with E-state index in [1.807, 2.05) is 0 Å². The van der Waals surface area contributed by atoms with Gasteiger partial charge in [0, 0.05) is 0 Å². The number of benzene rings is 6. The maximum Gasteiger partial charge on any atom is -0.00197 e. The van der Waals surface area contributed by atoms with Crippen LogP contribution in [0.1, 0.15) is 52.7 Å². The molecule has 8 aromatic rings. The molecule has 0 saturated heterocycles. The minimum atomic E-state index is 0.0690. The van der Waals surface area contributed by atoms with Crippen molar-refractivity contribution in [2.75, 3.05) is 0 Å². The summed E-state index contributed by atoms with van der Waals surface area (Å²) in [6, 6.07) is 32.9. The van der Waals surface area contributed by atoms with Gasteiger partial charge in [-0.3, -0.25) is 0 Å². The van der Waals surface area contributed by atoms with E-state index in [1.54, 1.807) is 0 Å². The number of hydrogen-bond donors (Lipinski definition) is 0. The van der Waals surface area contributed by atoms with Crippen LogP contribution in [0.25, 0.3) is 75.4 Å². The number of rotatable bonds is 0. The molecule has 0 unspecified atom stereocenters. The molecule has 0 heterocycles. The van der Waals surface area contributed by atoms with E-state index in [9.17, 15) is 0 Å². The van der Waals surface area contributed by atoms with Gasteiger partial charge in [0.2, 0.25) is 0 Å². The summed E-state index contributed by atoms with van der Waals surface area (Å²) < 4.78 is 0. The Morgan fingerprint density at radius 3 is 1.34 bits per heavy atom. The highest BCUT2D eigenvalue weighted by molar-refractivity contribution is 6.41. The van der Waals surface area contributed by atoms with E-state index in [1.165, 1.54) is 86.5 Å². The van der Waals surface area contributed by atoms with Crippen LogP contribution in [0.15, 0.2) is 84.9 Å². The fourth-order valence-electron chi connectivity index (χ4n) is 6.96. The zero-order valence-corrected chi connectivity index (χ0v) is 23.1. The average Bonchev–Trinajstić information content (AvgIpc) is 3.38. The summed E-state index contributed by atoms with van der Waals surface area (Å²) in [5.41, 5.74) is 2.97. The molecule has 0 atom stereocenters. The van der Waals surface area contributed by atoms with Crippen LogP contribution in [0.4, 0.5) is 0 Å². The molecule has 0 spiro atoms. The third kappa shape index (κ3) is 2.76. The second-order valence-electron chi connectivity index (χ2n) is 13.4. The summed E-state index contributed by atoms with van der Waals surface area (Å²) in [5, 5.41) is 19.3. The SMILES string of the molecule is CC(C)(C)c1ccc2c(c1)c1cc3c(cc4c5ccccc5c5cc(C(C)(C)C)cc3c54)c3cccc2c31. The topological polar surface area (TPSA) is 0 Å². The van der Waals surface area contributed by atoms with Gasteiger partial charge in [-0.25, -0.2) is 0 Å². The summed E-state index contributed by atoms with van der Waals surface area (Å²) >= 11 is 0. The molecular weight excluding hydrogens is 456 g/mol. The van der Waals surface area contributed by atoms with Gasteiger partial charge in [0.05, 0.1) is 0 Å². The Hall–Kier alpha value is -3.90. The second kappa shape index (κ2) is 6.94. The van der Waals surface area contributed by atoms with Crippen molar-refractivity contribution in [3.05, 3.63) is 96.1 Å². The molecule has 0 radical (unpaired) electrons. The van der Waals surface area contributed by atoms with Crippen molar-refractivity contribution < 1.29 is 0 Å². The van der Waals surface area contributed by atoms with Crippen LogP contribution in [-0.4, -0.2) is 0 Å². The molecule has 0 aliphatic rings. The summed E-state index contributed by atoms with van der Waals surface area (Å²) in [5.74, 6) is 0. The van der Waals surface area contributed by atoms with Gasteiger partial charge in [-0.15, -0.1) is 0 Å². The summed E-state index contributed by atoms with van der Waals surface area (Å²) in [6.45, 7) is 13.9. The van der Waals surface area contributed by atoms with Crippen molar-refractivity contribution in [3.8, 4) is 0 Å². The fraction of sp³-hybridized carbons (Fsp3) is 0.211. The van der Waals surface area contributed by atoms with Crippen molar-refractivity contribution in [1.29, 1.82) is 0 Å². The van der Waals surface area contributed by atoms with Gasteiger partial charge in [-0.1, -0.05) is 96.1 Å². The normalized spacial score (nSPS) is 13.5. The van der Waals surface area contributed by atoms with Crippen molar-refractivity contribution >= 4 is 75.4 Å². The Labute approximate surface area is 223 Å². The summed E-state index contributed by atoms with van der Waals surface area (Å²) in [6.07, 6.45) is 0. The largest absolute Gasteiger partial charge is 0.0616 e. The molecular formula is C38H32. The first-order valence-electron chi connectivity index (χ1n) is 13.9. The molecule has 0 aliphatic carbocycles. The minimum absolute atomic E-state index is 0.0690. The third-order valence-electron chi connectivity index (χ3n) is 9.03. The molecule has 0 nitrogen and oxygen atoms in total. The van der Waals surface area contributed by atoms with E-state index >= 15 is 0 Å². The molecule has 184 valence electrons. The lowest BCUT2D eigenvalue weighted by atomic mass is 9.83. The predicted octanol–water partition coefficient (Wildman–Crippen LogP) is 11.2. The standard InChI is InChI=1S/C38H32/c1-37(2,3)21-14-15-25-26-12-9-13-27-29-19-33-24-11-8-7-10-23(24)31-17-22(38(4,5)6)18-32(36(31)33)30(29)20-34(35(26)27)28(25)16-21/h7-20H,1-6H3. The van der Waals surface area contributed by atoms with Crippen molar-refractivity contribution in [2.24, 2.45) is 0 Å². The number of hydrogen-bond acceptors (Lipinski definition) is 0. The zero-order valence-electron chi connectivity index (χ0n) is 23.1. The highest BCUT2D eigenvalue weighted by Crippen LogP contribution is 2.48. The Morgan fingerprint density at radius 2 is 0.711 bits per heavy atom. The van der Waals surface area contributed by atoms with Crippen LogP contribution >= 0.6 is 0 Å². The van der Waals surface area contributed by atoms with Gasteiger partial charge in [0.25, 0.3) is 0 Å². The van der Waals surface area contributed by atoms with Crippen LogP contribution in [0, 0.1) is 0 Å². The van der Waals surface area contributed by atoms with E-state index in [0.29, 0.717) is 0 Å². The van der Waals surface area contributed by atoms with Crippen LogP contribution in [-0.2, 0) is 10.8 Å². The molecule has 0 aromatic heterocycles.